The molecule has 10 heteroatoms. The fraction of sp³-hybridized carbons (Fsp3) is 0.391. The molecule has 1 aromatic carbocycles. The van der Waals surface area contributed by atoms with E-state index in [2.05, 4.69) is 9.98 Å². The van der Waals surface area contributed by atoms with Gasteiger partial charge in [-0.1, -0.05) is 18.2 Å². The van der Waals surface area contributed by atoms with Crippen LogP contribution >= 0.6 is 11.3 Å². The second-order valence-corrected chi connectivity index (χ2v) is 8.89. The van der Waals surface area contributed by atoms with Gasteiger partial charge in [0.25, 0.3) is 5.91 Å². The minimum absolute atomic E-state index is 0.219. The van der Waals surface area contributed by atoms with E-state index in [1.807, 2.05) is 26.2 Å². The summed E-state index contributed by atoms with van der Waals surface area (Å²) in [6, 6.07) is 7.24. The summed E-state index contributed by atoms with van der Waals surface area (Å²) in [4.78, 5) is 34.8. The van der Waals surface area contributed by atoms with E-state index in [0.717, 1.165) is 24.6 Å². The lowest BCUT2D eigenvalue weighted by molar-refractivity contribution is -0.181. The number of para-hydroxylation sites is 1. The smallest absolute Gasteiger partial charge is 0.416 e. The minimum atomic E-state index is -1.09. The number of hydrogen-bond acceptors (Lipinski definition) is 6. The summed E-state index contributed by atoms with van der Waals surface area (Å²) in [5.41, 5.74) is 1.43. The molecule has 3 heterocycles. The van der Waals surface area contributed by atoms with Gasteiger partial charge in [-0.05, 0) is 32.3 Å². The van der Waals surface area contributed by atoms with Gasteiger partial charge in [0.15, 0.2) is 6.29 Å². The average molecular weight is 471 g/mol. The van der Waals surface area contributed by atoms with Crippen molar-refractivity contribution in [1.29, 1.82) is 0 Å². The zero-order valence-corrected chi connectivity index (χ0v) is 19.5. The number of ether oxygens (including phenoxy) is 2. The number of fused-ring (bicyclic) bond motifs is 1. The predicted molar refractivity (Wildman–Crippen MR) is 125 cm³/mol. The molecule has 9 nitrogen and oxygen atoms in total. The average Bonchev–Trinajstić information content (AvgIpc) is 3.44. The summed E-state index contributed by atoms with van der Waals surface area (Å²) in [5, 5.41) is 12.6. The van der Waals surface area contributed by atoms with Gasteiger partial charge in [0.2, 0.25) is 0 Å². The van der Waals surface area contributed by atoms with Crippen LogP contribution in [0.2, 0.25) is 0 Å². The van der Waals surface area contributed by atoms with Crippen LogP contribution in [-0.4, -0.2) is 64.4 Å². The van der Waals surface area contributed by atoms with E-state index >= 15 is 0 Å². The molecule has 33 heavy (non-hydrogen) atoms. The van der Waals surface area contributed by atoms with Gasteiger partial charge in [0.1, 0.15) is 22.6 Å². The van der Waals surface area contributed by atoms with Crippen LogP contribution in [0.4, 0.5) is 4.79 Å². The van der Waals surface area contributed by atoms with Gasteiger partial charge in [-0.3, -0.25) is 9.36 Å². The van der Waals surface area contributed by atoms with Gasteiger partial charge < -0.3 is 19.5 Å². The lowest BCUT2D eigenvalue weighted by atomic mass is 10.1. The quantitative estimate of drug-likeness (QED) is 0.436. The second kappa shape index (κ2) is 9.82. The summed E-state index contributed by atoms with van der Waals surface area (Å²) in [6.45, 7) is 2.35. The van der Waals surface area contributed by atoms with E-state index in [9.17, 15) is 14.7 Å². The number of nitrogens with zero attached hydrogens (tertiary/aromatic N) is 4. The first kappa shape index (κ1) is 23.1. The van der Waals surface area contributed by atoms with Crippen molar-refractivity contribution in [1.82, 2.24) is 14.5 Å². The third kappa shape index (κ3) is 4.97. The van der Waals surface area contributed by atoms with Crippen molar-refractivity contribution in [2.75, 3.05) is 20.7 Å². The van der Waals surface area contributed by atoms with Crippen molar-refractivity contribution in [2.45, 2.75) is 38.6 Å². The highest BCUT2D eigenvalue weighted by Crippen LogP contribution is 2.37. The number of amidine groups is 1. The fourth-order valence-electron chi connectivity index (χ4n) is 3.62. The molecule has 1 aliphatic rings. The number of aliphatic imine (C=N–C) groups is 1. The van der Waals surface area contributed by atoms with Crippen molar-refractivity contribution in [3.05, 3.63) is 52.1 Å². The molecule has 0 radical (unpaired) electrons. The summed E-state index contributed by atoms with van der Waals surface area (Å²) in [6.07, 6.45) is 2.02. The molecular weight excluding hydrogens is 444 g/mol. The zero-order chi connectivity index (χ0) is 23.5. The molecule has 174 valence electrons. The van der Waals surface area contributed by atoms with Crippen LogP contribution < -0.4 is 0 Å². The minimum Gasteiger partial charge on any atom is -0.464 e. The number of carboxylic acid groups (broad SMARTS) is 1. The maximum Gasteiger partial charge on any atom is 0.416 e. The Kier molecular flexibility index (Phi) is 6.87. The number of carbonyl (C=O) groups excluding carboxylic acids is 1. The number of amides is 1. The molecule has 0 bridgehead atoms. The number of aromatic nitrogens is 2. The lowest BCUT2D eigenvalue weighted by Crippen LogP contribution is -2.25. The number of benzene rings is 1. The van der Waals surface area contributed by atoms with Crippen LogP contribution in [0, 0.1) is 0 Å². The van der Waals surface area contributed by atoms with Gasteiger partial charge in [-0.15, -0.1) is 11.3 Å². The molecule has 3 aromatic rings. The van der Waals surface area contributed by atoms with Gasteiger partial charge in [-0.25, -0.2) is 9.78 Å². The molecule has 4 rings (SSSR count). The zero-order valence-electron chi connectivity index (χ0n) is 18.7. The third-order valence-electron chi connectivity index (χ3n) is 5.53. The van der Waals surface area contributed by atoms with E-state index in [0.29, 0.717) is 28.5 Å². The Hall–Kier alpha value is -3.08. The molecule has 1 aliphatic heterocycles. The third-order valence-corrected chi connectivity index (χ3v) is 6.42. The number of carbonyl (C=O) groups is 2. The van der Waals surface area contributed by atoms with Crippen molar-refractivity contribution in [2.24, 2.45) is 4.99 Å². The van der Waals surface area contributed by atoms with Gasteiger partial charge >= 0.3 is 6.09 Å². The van der Waals surface area contributed by atoms with Crippen molar-refractivity contribution < 1.29 is 24.2 Å². The van der Waals surface area contributed by atoms with Gasteiger partial charge in [0, 0.05) is 43.2 Å². The summed E-state index contributed by atoms with van der Waals surface area (Å²) in [5.74, 6) is 0.131. The molecule has 0 spiro atoms. The van der Waals surface area contributed by atoms with E-state index < -0.39 is 24.4 Å². The monoisotopic (exact) mass is 470 g/mol. The standard InChI is InChI=1S/C23H26N4O5S/c1-14(26(2)3)24-21(28)17-13-33-22(25-17)20(32-19-10-6-7-11-31-19)16-12-27(23(29)30)18-9-5-4-8-15(16)18/h4-5,8-9,12-13,19-20H,6-7,10-11H2,1-3H3,(H,29,30). The molecule has 2 unspecified atom stereocenters. The number of rotatable bonds is 5. The fourth-order valence-corrected chi connectivity index (χ4v) is 4.46. The van der Waals surface area contributed by atoms with Crippen LogP contribution in [0.15, 0.2) is 40.8 Å². The summed E-state index contributed by atoms with van der Waals surface area (Å²) < 4.78 is 13.3. The van der Waals surface area contributed by atoms with E-state index in [4.69, 9.17) is 9.47 Å². The Morgan fingerprint density at radius 3 is 2.82 bits per heavy atom. The molecular formula is C23H26N4O5S. The van der Waals surface area contributed by atoms with E-state index in [1.165, 1.54) is 15.9 Å². The normalized spacial score (nSPS) is 17.8. The molecule has 2 aromatic heterocycles. The first-order chi connectivity index (χ1) is 15.8. The molecule has 2 atom stereocenters. The highest BCUT2D eigenvalue weighted by Gasteiger charge is 2.29. The molecule has 0 saturated carbocycles. The van der Waals surface area contributed by atoms with Crippen LogP contribution in [0.3, 0.4) is 0 Å². The van der Waals surface area contributed by atoms with Crippen LogP contribution in [0.25, 0.3) is 10.9 Å². The highest BCUT2D eigenvalue weighted by molar-refractivity contribution is 7.10. The van der Waals surface area contributed by atoms with Crippen molar-refractivity contribution >= 4 is 40.1 Å². The Morgan fingerprint density at radius 1 is 1.33 bits per heavy atom. The van der Waals surface area contributed by atoms with Crippen molar-refractivity contribution in [3.63, 3.8) is 0 Å². The maximum atomic E-state index is 12.6. The SMILES string of the molecule is CC(=NC(=O)c1csc(C(OC2CCCCO2)c2cn(C(=O)O)c3ccccc23)n1)N(C)C. The summed E-state index contributed by atoms with van der Waals surface area (Å²) >= 11 is 1.28. The predicted octanol–water partition coefficient (Wildman–Crippen LogP) is 4.38. The topological polar surface area (TPSA) is 106 Å². The molecule has 1 amide bonds. The number of thiazole rings is 1. The molecule has 1 fully saturated rings. The Labute approximate surface area is 195 Å². The summed E-state index contributed by atoms with van der Waals surface area (Å²) in [7, 11) is 3.62. The Bertz CT molecular complexity index is 1190. The lowest BCUT2D eigenvalue weighted by Gasteiger charge is -2.26. The number of hydrogen-bond donors (Lipinski definition) is 1. The van der Waals surface area contributed by atoms with E-state index in [1.54, 1.807) is 35.5 Å². The first-order valence-electron chi connectivity index (χ1n) is 10.7. The molecule has 0 aliphatic carbocycles. The Morgan fingerprint density at radius 2 is 2.12 bits per heavy atom. The van der Waals surface area contributed by atoms with Crippen LogP contribution in [0.1, 0.15) is 53.3 Å². The van der Waals surface area contributed by atoms with Crippen molar-refractivity contribution in [3.8, 4) is 0 Å². The van der Waals surface area contributed by atoms with Crippen LogP contribution in [-0.2, 0) is 9.47 Å². The van der Waals surface area contributed by atoms with E-state index in [-0.39, 0.29) is 5.69 Å². The largest absolute Gasteiger partial charge is 0.464 e. The molecule has 1 saturated heterocycles. The van der Waals surface area contributed by atoms with Crippen LogP contribution in [0.5, 0.6) is 0 Å². The highest BCUT2D eigenvalue weighted by atomic mass is 32.1. The first-order valence-corrected chi connectivity index (χ1v) is 11.6. The maximum absolute atomic E-state index is 12.6. The van der Waals surface area contributed by atoms with Gasteiger partial charge in [-0.2, -0.15) is 4.99 Å². The molecule has 1 N–H and O–H groups in total. The second-order valence-electron chi connectivity index (χ2n) is 8.00. The Balaban J connectivity index is 1.75. The van der Waals surface area contributed by atoms with Gasteiger partial charge in [0.05, 0.1) is 5.52 Å².